The predicted octanol–water partition coefficient (Wildman–Crippen LogP) is 2.72. The van der Waals surface area contributed by atoms with E-state index < -0.39 is 0 Å². The molecule has 1 aromatic carbocycles. The molecule has 0 spiro atoms. The molecule has 2 rings (SSSR count). The van der Waals surface area contributed by atoms with Crippen LogP contribution in [-0.4, -0.2) is 17.3 Å². The van der Waals surface area contributed by atoms with Crippen LogP contribution in [0.25, 0.3) is 0 Å². The second-order valence-corrected chi connectivity index (χ2v) is 4.68. The summed E-state index contributed by atoms with van der Waals surface area (Å²) in [5.41, 5.74) is 0.643. The highest BCUT2D eigenvalue weighted by molar-refractivity contribution is 9.10. The normalized spacial score (nSPS) is 21.9. The molecule has 1 aliphatic heterocycles. The number of amides is 1. The zero-order valence-electron chi connectivity index (χ0n) is 8.12. The van der Waals surface area contributed by atoms with E-state index in [1.807, 2.05) is 0 Å². The van der Waals surface area contributed by atoms with E-state index in [4.69, 9.17) is 0 Å². The zero-order chi connectivity index (χ0) is 10.8. The molecule has 0 saturated carbocycles. The Balaban J connectivity index is 2.26. The minimum absolute atomic E-state index is 0.0202. The number of hydrogen-bond acceptors (Lipinski definition) is 1. The largest absolute Gasteiger partial charge is 0.311 e. The average molecular weight is 272 g/mol. The fraction of sp³-hybridized carbons (Fsp3) is 0.364. The summed E-state index contributed by atoms with van der Waals surface area (Å²) < 4.78 is 13.0. The van der Waals surface area contributed by atoms with Crippen molar-refractivity contribution >= 4 is 27.5 Å². The molecular weight excluding hydrogens is 261 g/mol. The van der Waals surface area contributed by atoms with Gasteiger partial charge in [-0.1, -0.05) is 22.0 Å². The third kappa shape index (κ3) is 2.20. The van der Waals surface area contributed by atoms with Gasteiger partial charge in [-0.15, -0.1) is 0 Å². The van der Waals surface area contributed by atoms with Crippen LogP contribution in [0.5, 0.6) is 0 Å². The van der Waals surface area contributed by atoms with Crippen LogP contribution in [0.1, 0.15) is 12.8 Å². The van der Waals surface area contributed by atoms with E-state index in [2.05, 4.69) is 15.9 Å². The van der Waals surface area contributed by atoms with Gasteiger partial charge in [0.2, 0.25) is 5.91 Å². The molecule has 80 valence electrons. The van der Waals surface area contributed by atoms with Gasteiger partial charge >= 0.3 is 0 Å². The van der Waals surface area contributed by atoms with Crippen LogP contribution in [-0.2, 0) is 4.79 Å². The number of rotatable bonds is 1. The molecule has 1 heterocycles. The van der Waals surface area contributed by atoms with E-state index in [0.29, 0.717) is 12.2 Å². The molecule has 15 heavy (non-hydrogen) atoms. The molecule has 1 aliphatic rings. The predicted molar refractivity (Wildman–Crippen MR) is 60.7 cm³/mol. The maximum Gasteiger partial charge on any atom is 0.240 e. The molecule has 0 radical (unpaired) electrons. The zero-order valence-corrected chi connectivity index (χ0v) is 9.71. The molecule has 1 aromatic rings. The van der Waals surface area contributed by atoms with E-state index in [1.165, 1.54) is 12.1 Å². The summed E-state index contributed by atoms with van der Waals surface area (Å²) >= 11 is 3.32. The monoisotopic (exact) mass is 271 g/mol. The fourth-order valence-electron chi connectivity index (χ4n) is 1.73. The van der Waals surface area contributed by atoms with Crippen molar-refractivity contribution < 1.29 is 9.18 Å². The van der Waals surface area contributed by atoms with Crippen LogP contribution in [0, 0.1) is 5.82 Å². The highest BCUT2D eigenvalue weighted by Crippen LogP contribution is 2.24. The number of nitrogens with zero attached hydrogens (tertiary/aromatic N) is 1. The van der Waals surface area contributed by atoms with Crippen molar-refractivity contribution in [2.24, 2.45) is 0 Å². The number of halogens is 2. The first-order valence-electron chi connectivity index (χ1n) is 4.89. The summed E-state index contributed by atoms with van der Waals surface area (Å²) in [6.07, 6.45) is 1.79. The lowest BCUT2D eigenvalue weighted by Gasteiger charge is -2.29. The number of benzene rings is 1. The van der Waals surface area contributed by atoms with Gasteiger partial charge in [0, 0.05) is 12.2 Å². The van der Waals surface area contributed by atoms with Crippen LogP contribution in [0.4, 0.5) is 10.1 Å². The van der Waals surface area contributed by atoms with Crippen LogP contribution in [0.3, 0.4) is 0 Å². The second kappa shape index (κ2) is 4.31. The average Bonchev–Trinajstić information content (AvgIpc) is 2.22. The van der Waals surface area contributed by atoms with Crippen molar-refractivity contribution in [1.82, 2.24) is 0 Å². The summed E-state index contributed by atoms with van der Waals surface area (Å²) in [4.78, 5) is 13.3. The first-order valence-corrected chi connectivity index (χ1v) is 5.81. The van der Waals surface area contributed by atoms with Crippen LogP contribution >= 0.6 is 15.9 Å². The maximum atomic E-state index is 13.0. The van der Waals surface area contributed by atoms with E-state index in [1.54, 1.807) is 17.0 Å². The van der Waals surface area contributed by atoms with Crippen molar-refractivity contribution in [2.45, 2.75) is 17.7 Å². The molecular formula is C11H11BrFNO. The van der Waals surface area contributed by atoms with Crippen molar-refractivity contribution in [3.63, 3.8) is 0 Å². The Morgan fingerprint density at radius 1 is 1.47 bits per heavy atom. The number of carbonyl (C=O) groups excluding carboxylic acids is 1. The minimum Gasteiger partial charge on any atom is -0.311 e. The lowest BCUT2D eigenvalue weighted by atomic mass is 10.1. The van der Waals surface area contributed by atoms with Gasteiger partial charge in [0.1, 0.15) is 5.82 Å². The SMILES string of the molecule is O=C1C(Br)CCCN1c1cccc(F)c1. The maximum absolute atomic E-state index is 13.0. The van der Waals surface area contributed by atoms with E-state index in [-0.39, 0.29) is 16.6 Å². The lowest BCUT2D eigenvalue weighted by molar-refractivity contribution is -0.118. The topological polar surface area (TPSA) is 20.3 Å². The second-order valence-electron chi connectivity index (χ2n) is 3.58. The molecule has 1 atom stereocenters. The van der Waals surface area contributed by atoms with Crippen LogP contribution < -0.4 is 4.90 Å². The molecule has 1 amide bonds. The van der Waals surface area contributed by atoms with Crippen molar-refractivity contribution in [2.75, 3.05) is 11.4 Å². The fourth-order valence-corrected chi connectivity index (χ4v) is 2.30. The van der Waals surface area contributed by atoms with Gasteiger partial charge in [0.05, 0.1) is 4.83 Å². The van der Waals surface area contributed by atoms with Crippen molar-refractivity contribution in [1.29, 1.82) is 0 Å². The highest BCUT2D eigenvalue weighted by atomic mass is 79.9. The minimum atomic E-state index is -0.308. The van der Waals surface area contributed by atoms with Gasteiger partial charge in [-0.25, -0.2) is 4.39 Å². The summed E-state index contributed by atoms with van der Waals surface area (Å²) in [5, 5.41) is 0. The smallest absolute Gasteiger partial charge is 0.240 e. The van der Waals surface area contributed by atoms with E-state index >= 15 is 0 Å². The first kappa shape index (κ1) is 10.6. The van der Waals surface area contributed by atoms with Gasteiger partial charge < -0.3 is 4.90 Å². The summed E-state index contributed by atoms with van der Waals surface area (Å²) in [6.45, 7) is 0.671. The van der Waals surface area contributed by atoms with E-state index in [0.717, 1.165) is 12.8 Å². The highest BCUT2D eigenvalue weighted by Gasteiger charge is 2.27. The Morgan fingerprint density at radius 2 is 2.27 bits per heavy atom. The number of piperidine rings is 1. The van der Waals surface area contributed by atoms with Gasteiger partial charge in [-0.05, 0) is 31.0 Å². The molecule has 2 nitrogen and oxygen atoms in total. The Bertz CT molecular complexity index is 383. The number of alkyl halides is 1. The van der Waals surface area contributed by atoms with Gasteiger partial charge in [0.25, 0.3) is 0 Å². The van der Waals surface area contributed by atoms with Gasteiger partial charge in [0.15, 0.2) is 0 Å². The Morgan fingerprint density at radius 3 is 3.00 bits per heavy atom. The Hall–Kier alpha value is -0.900. The summed E-state index contributed by atoms with van der Waals surface area (Å²) in [6, 6.07) is 6.15. The molecule has 0 aliphatic carbocycles. The standard InChI is InChI=1S/C11H11BrFNO/c12-10-5-2-6-14(11(10)15)9-4-1-3-8(13)7-9/h1,3-4,7,10H,2,5-6H2. The summed E-state index contributed by atoms with van der Waals surface area (Å²) in [7, 11) is 0. The molecule has 0 aromatic heterocycles. The van der Waals surface area contributed by atoms with Crippen molar-refractivity contribution in [3.05, 3.63) is 30.1 Å². The first-order chi connectivity index (χ1) is 7.18. The molecule has 0 N–H and O–H groups in total. The third-order valence-electron chi connectivity index (χ3n) is 2.49. The number of anilines is 1. The Labute approximate surface area is 96.2 Å². The third-order valence-corrected chi connectivity index (χ3v) is 3.34. The van der Waals surface area contributed by atoms with Crippen molar-refractivity contribution in [3.8, 4) is 0 Å². The molecule has 4 heteroatoms. The molecule has 0 bridgehead atoms. The molecule has 1 saturated heterocycles. The summed E-state index contributed by atoms with van der Waals surface area (Å²) in [5.74, 6) is -0.288. The van der Waals surface area contributed by atoms with Gasteiger partial charge in [-0.3, -0.25) is 4.79 Å². The molecule has 1 unspecified atom stereocenters. The van der Waals surface area contributed by atoms with Gasteiger partial charge in [-0.2, -0.15) is 0 Å². The van der Waals surface area contributed by atoms with E-state index in [9.17, 15) is 9.18 Å². The van der Waals surface area contributed by atoms with Crippen LogP contribution in [0.2, 0.25) is 0 Å². The lowest BCUT2D eigenvalue weighted by Crippen LogP contribution is -2.41. The Kier molecular flexibility index (Phi) is 3.05. The number of hydrogen-bond donors (Lipinski definition) is 0. The van der Waals surface area contributed by atoms with Crippen LogP contribution in [0.15, 0.2) is 24.3 Å². The quantitative estimate of drug-likeness (QED) is 0.720. The molecule has 1 fully saturated rings. The number of carbonyl (C=O) groups is 1.